The van der Waals surface area contributed by atoms with E-state index in [1.807, 2.05) is 0 Å². The zero-order valence-electron chi connectivity index (χ0n) is 17.9. The molecule has 11 nitrogen and oxygen atoms in total. The first kappa shape index (κ1) is 26.9. The Morgan fingerprint density at radius 2 is 1.91 bits per heavy atom. The molecular formula is C20H26ClN3O8. The zero-order valence-corrected chi connectivity index (χ0v) is 18.7. The average Bonchev–Trinajstić information content (AvgIpc) is 2.73. The van der Waals surface area contributed by atoms with Crippen LogP contribution in [-0.4, -0.2) is 55.7 Å². The van der Waals surface area contributed by atoms with Gasteiger partial charge >= 0.3 is 11.9 Å². The number of nitrogens with two attached hydrogens (primary N) is 1. The number of benzene rings is 1. The van der Waals surface area contributed by atoms with Gasteiger partial charge in [0.1, 0.15) is 0 Å². The number of nitrogens with one attached hydrogen (secondary N) is 1. The molecular weight excluding hydrogens is 446 g/mol. The van der Waals surface area contributed by atoms with Gasteiger partial charge in [-0.05, 0) is 25.5 Å². The Bertz CT molecular complexity index is 897. The number of esters is 2. The monoisotopic (exact) mass is 471 g/mol. The highest BCUT2D eigenvalue weighted by atomic mass is 35.5. The molecule has 12 heteroatoms. The van der Waals surface area contributed by atoms with Crippen molar-refractivity contribution >= 4 is 23.5 Å². The highest BCUT2D eigenvalue weighted by Crippen LogP contribution is 2.41. The smallest absolute Gasteiger partial charge is 0.336 e. The standard InChI is InChI=1S/C20H25ClN2O5.HNO3/c1-4-28-20(25)18-15(11-27-10-9-22)23-12(2)16(19(24)26-3)17(18)13-7-5-6-8-14(13)21;2-1(3)4/h5-8,17,23H,4,9-11,22H2,1-3H3;(H,2,3,4)/t17-;/m0./s1. The number of dihydropyridines is 1. The van der Waals surface area contributed by atoms with Crippen molar-refractivity contribution in [2.75, 3.05) is 33.5 Å². The molecule has 0 fully saturated rings. The van der Waals surface area contributed by atoms with Crippen LogP contribution in [0.1, 0.15) is 25.3 Å². The summed E-state index contributed by atoms with van der Waals surface area (Å²) in [4.78, 5) is 33.8. The molecule has 1 heterocycles. The Hall–Kier alpha value is -3.15. The van der Waals surface area contributed by atoms with E-state index in [1.165, 1.54) is 7.11 Å². The molecule has 1 aliphatic heterocycles. The van der Waals surface area contributed by atoms with Crippen molar-refractivity contribution in [1.29, 1.82) is 0 Å². The van der Waals surface area contributed by atoms with Crippen molar-refractivity contribution in [3.05, 3.63) is 67.5 Å². The van der Waals surface area contributed by atoms with Crippen molar-refractivity contribution in [2.45, 2.75) is 19.8 Å². The summed E-state index contributed by atoms with van der Waals surface area (Å²) in [6.45, 7) is 4.42. The van der Waals surface area contributed by atoms with Crippen LogP contribution >= 0.6 is 11.6 Å². The predicted octanol–water partition coefficient (Wildman–Crippen LogP) is 1.92. The Kier molecular flexibility index (Phi) is 11.2. The molecule has 1 aliphatic rings. The van der Waals surface area contributed by atoms with E-state index in [4.69, 9.17) is 46.9 Å². The molecule has 1 atom stereocenters. The Morgan fingerprint density at radius 3 is 2.44 bits per heavy atom. The van der Waals surface area contributed by atoms with E-state index in [-0.39, 0.29) is 18.8 Å². The van der Waals surface area contributed by atoms with Crippen LogP contribution < -0.4 is 11.1 Å². The Morgan fingerprint density at radius 1 is 1.28 bits per heavy atom. The first-order valence-corrected chi connectivity index (χ1v) is 9.89. The highest BCUT2D eigenvalue weighted by Gasteiger charge is 2.39. The number of carbonyl (C=O) groups is 2. The molecule has 1 aromatic rings. The molecule has 2 rings (SSSR count). The van der Waals surface area contributed by atoms with Gasteiger partial charge in [-0.3, -0.25) is 0 Å². The second-order valence-electron chi connectivity index (χ2n) is 6.30. The molecule has 0 amide bonds. The number of carbonyl (C=O) groups excluding carboxylic acids is 2. The van der Waals surface area contributed by atoms with Crippen LogP contribution in [-0.2, 0) is 23.8 Å². The minimum Gasteiger partial charge on any atom is -0.466 e. The third-order valence-electron chi connectivity index (χ3n) is 4.27. The van der Waals surface area contributed by atoms with Crippen LogP contribution in [0.5, 0.6) is 0 Å². The minimum atomic E-state index is -1.50. The summed E-state index contributed by atoms with van der Waals surface area (Å²) in [5.41, 5.74) is 7.70. The molecule has 4 N–H and O–H groups in total. The van der Waals surface area contributed by atoms with Gasteiger partial charge in [0.2, 0.25) is 0 Å². The van der Waals surface area contributed by atoms with Gasteiger partial charge in [-0.15, -0.1) is 10.1 Å². The maximum atomic E-state index is 12.9. The minimum absolute atomic E-state index is 0.109. The number of halogens is 1. The van der Waals surface area contributed by atoms with Crippen LogP contribution in [0.2, 0.25) is 5.02 Å². The first-order chi connectivity index (χ1) is 15.2. The van der Waals surface area contributed by atoms with Gasteiger partial charge in [0.25, 0.3) is 5.09 Å². The van der Waals surface area contributed by atoms with E-state index in [0.717, 1.165) is 0 Å². The quantitative estimate of drug-likeness (QED) is 0.221. The Balaban J connectivity index is 0.00000118. The number of rotatable bonds is 8. The molecule has 0 aliphatic carbocycles. The fourth-order valence-corrected chi connectivity index (χ4v) is 3.36. The van der Waals surface area contributed by atoms with E-state index in [2.05, 4.69) is 5.32 Å². The molecule has 0 saturated heterocycles. The van der Waals surface area contributed by atoms with Gasteiger partial charge < -0.3 is 30.5 Å². The lowest BCUT2D eigenvalue weighted by Crippen LogP contribution is -2.35. The number of nitrogens with zero attached hydrogens (tertiary/aromatic N) is 1. The average molecular weight is 472 g/mol. The fourth-order valence-electron chi connectivity index (χ4n) is 3.12. The van der Waals surface area contributed by atoms with Crippen LogP contribution in [0.4, 0.5) is 0 Å². The summed E-state index contributed by atoms with van der Waals surface area (Å²) < 4.78 is 15.8. The van der Waals surface area contributed by atoms with Crippen LogP contribution in [0.25, 0.3) is 0 Å². The molecule has 32 heavy (non-hydrogen) atoms. The van der Waals surface area contributed by atoms with Crippen molar-refractivity contribution in [1.82, 2.24) is 5.32 Å². The zero-order chi connectivity index (χ0) is 24.3. The summed E-state index contributed by atoms with van der Waals surface area (Å²) in [7, 11) is 1.29. The predicted molar refractivity (Wildman–Crippen MR) is 114 cm³/mol. The Labute approximate surface area is 189 Å². The van der Waals surface area contributed by atoms with Gasteiger partial charge in [0.15, 0.2) is 0 Å². The normalized spacial score (nSPS) is 15.3. The number of allylic oxidation sites excluding steroid dienone is 1. The summed E-state index contributed by atoms with van der Waals surface area (Å²) >= 11 is 6.42. The maximum Gasteiger partial charge on any atom is 0.336 e. The molecule has 0 saturated carbocycles. The van der Waals surface area contributed by atoms with Gasteiger partial charge in [0, 0.05) is 17.3 Å². The third-order valence-corrected chi connectivity index (χ3v) is 4.61. The van der Waals surface area contributed by atoms with Gasteiger partial charge in [0.05, 0.1) is 49.7 Å². The number of hydrogen-bond acceptors (Lipinski definition) is 9. The molecule has 0 unspecified atom stereocenters. The lowest BCUT2D eigenvalue weighted by atomic mass is 9.80. The van der Waals surface area contributed by atoms with Crippen molar-refractivity contribution in [2.24, 2.45) is 5.73 Å². The molecule has 176 valence electrons. The highest BCUT2D eigenvalue weighted by molar-refractivity contribution is 6.31. The van der Waals surface area contributed by atoms with Crippen LogP contribution in [0.3, 0.4) is 0 Å². The summed E-state index contributed by atoms with van der Waals surface area (Å²) in [5, 5.41) is 17.2. The molecule has 0 aromatic heterocycles. The lowest BCUT2D eigenvalue weighted by Gasteiger charge is -2.31. The largest absolute Gasteiger partial charge is 0.466 e. The number of ether oxygens (including phenoxy) is 3. The van der Waals surface area contributed by atoms with E-state index in [1.54, 1.807) is 38.1 Å². The molecule has 0 spiro atoms. The third kappa shape index (κ3) is 7.22. The van der Waals surface area contributed by atoms with Crippen molar-refractivity contribution in [3.8, 4) is 0 Å². The van der Waals surface area contributed by atoms with Crippen LogP contribution in [0.15, 0.2) is 46.8 Å². The van der Waals surface area contributed by atoms with Gasteiger partial charge in [-0.25, -0.2) is 9.59 Å². The summed E-state index contributed by atoms with van der Waals surface area (Å²) in [5.74, 6) is -1.86. The summed E-state index contributed by atoms with van der Waals surface area (Å²) in [6, 6.07) is 7.05. The topological polar surface area (TPSA) is 163 Å². The SMILES string of the molecule is CCOC(=O)C1=C(COCCN)NC(C)=C(C(=O)OC)[C@@H]1c1ccccc1Cl.O=[N+]([O-])O. The van der Waals surface area contributed by atoms with Crippen molar-refractivity contribution in [3.63, 3.8) is 0 Å². The maximum absolute atomic E-state index is 12.9. The number of hydrogen-bond donors (Lipinski definition) is 3. The second-order valence-corrected chi connectivity index (χ2v) is 6.71. The second kappa shape index (κ2) is 13.3. The van der Waals surface area contributed by atoms with E-state index < -0.39 is 22.9 Å². The van der Waals surface area contributed by atoms with Crippen LogP contribution in [0, 0.1) is 10.1 Å². The van der Waals surface area contributed by atoms with E-state index >= 15 is 0 Å². The van der Waals surface area contributed by atoms with Crippen molar-refractivity contribution < 1.29 is 34.1 Å². The molecule has 0 bridgehead atoms. The van der Waals surface area contributed by atoms with E-state index in [0.29, 0.717) is 40.7 Å². The first-order valence-electron chi connectivity index (χ1n) is 9.51. The fraction of sp³-hybridized carbons (Fsp3) is 0.400. The lowest BCUT2D eigenvalue weighted by molar-refractivity contribution is -0.742. The van der Waals surface area contributed by atoms with Gasteiger partial charge in [-0.2, -0.15) is 0 Å². The molecule has 0 radical (unpaired) electrons. The van der Waals surface area contributed by atoms with E-state index in [9.17, 15) is 9.59 Å². The number of methoxy groups -OCH3 is 1. The van der Waals surface area contributed by atoms with Gasteiger partial charge in [-0.1, -0.05) is 29.8 Å². The summed E-state index contributed by atoms with van der Waals surface area (Å²) in [6.07, 6.45) is 0. The molecule has 1 aromatic carbocycles.